The predicted molar refractivity (Wildman–Crippen MR) is 114 cm³/mol. The number of sulfone groups is 1. The molecule has 3 rings (SSSR count). The van der Waals surface area contributed by atoms with E-state index in [0.29, 0.717) is 9.82 Å². The summed E-state index contributed by atoms with van der Waals surface area (Å²) in [5.41, 5.74) is 2.89. The van der Waals surface area contributed by atoms with E-state index < -0.39 is 9.84 Å². The quantitative estimate of drug-likeness (QED) is 0.602. The van der Waals surface area contributed by atoms with Gasteiger partial charge in [-0.1, -0.05) is 40.6 Å². The second-order valence-electron chi connectivity index (χ2n) is 6.70. The predicted octanol–water partition coefficient (Wildman–Crippen LogP) is 4.19. The number of carbonyl (C=O) groups excluding carboxylic acids is 1. The molecule has 2 aromatic carbocycles. The van der Waals surface area contributed by atoms with Crippen molar-refractivity contribution in [3.05, 3.63) is 57.3 Å². The molecular formula is C20H21ClN2O3S2. The van der Waals surface area contributed by atoms with Gasteiger partial charge in [0.25, 0.3) is 0 Å². The molecule has 1 aromatic heterocycles. The Labute approximate surface area is 173 Å². The van der Waals surface area contributed by atoms with Gasteiger partial charge in [0.05, 0.1) is 20.9 Å². The highest BCUT2D eigenvalue weighted by atomic mass is 35.5. The number of fused-ring (bicyclic) bond motifs is 1. The zero-order valence-electron chi connectivity index (χ0n) is 15.9. The van der Waals surface area contributed by atoms with Crippen LogP contribution in [0.25, 0.3) is 10.2 Å². The summed E-state index contributed by atoms with van der Waals surface area (Å²) < 4.78 is 27.6. The summed E-state index contributed by atoms with van der Waals surface area (Å²) >= 11 is 7.59. The van der Waals surface area contributed by atoms with Gasteiger partial charge < -0.3 is 4.57 Å². The fourth-order valence-electron chi connectivity index (χ4n) is 2.95. The number of hydrogen-bond donors (Lipinski definition) is 0. The lowest BCUT2D eigenvalue weighted by Gasteiger charge is -2.04. The van der Waals surface area contributed by atoms with Crippen molar-refractivity contribution < 1.29 is 13.2 Å². The number of amides is 1. The zero-order chi connectivity index (χ0) is 20.5. The summed E-state index contributed by atoms with van der Waals surface area (Å²) in [4.78, 5) is 17.3. The maximum Gasteiger partial charge on any atom is 0.248 e. The number of hydrogen-bond acceptors (Lipinski definition) is 4. The largest absolute Gasteiger partial charge is 0.319 e. The van der Waals surface area contributed by atoms with Crippen molar-refractivity contribution in [1.29, 1.82) is 0 Å². The minimum atomic E-state index is -3.40. The minimum Gasteiger partial charge on any atom is -0.319 e. The minimum absolute atomic E-state index is 0.0788. The van der Waals surface area contributed by atoms with Crippen LogP contribution in [0.1, 0.15) is 24.0 Å². The van der Waals surface area contributed by atoms with Crippen LogP contribution in [0, 0.1) is 13.8 Å². The van der Waals surface area contributed by atoms with E-state index in [9.17, 15) is 13.2 Å². The van der Waals surface area contributed by atoms with Crippen LogP contribution < -0.4 is 4.80 Å². The van der Waals surface area contributed by atoms with Crippen molar-refractivity contribution in [2.24, 2.45) is 12.0 Å². The molecule has 0 aliphatic carbocycles. The van der Waals surface area contributed by atoms with E-state index in [1.165, 1.54) is 11.3 Å². The lowest BCUT2D eigenvalue weighted by Crippen LogP contribution is -2.14. The first kappa shape index (κ1) is 20.8. The molecule has 0 spiro atoms. The van der Waals surface area contributed by atoms with Gasteiger partial charge in [0.1, 0.15) is 0 Å². The molecule has 0 aliphatic heterocycles. The van der Waals surface area contributed by atoms with Crippen molar-refractivity contribution in [1.82, 2.24) is 4.57 Å². The standard InChI is InChI=1S/C20H21ClN2O3S2/c1-13-6-8-15(9-7-13)28(25,26)12-4-5-18(24)22-20-23(3)19-14(2)16(21)10-11-17(19)27-20/h6-11H,4-5,12H2,1-3H3. The SMILES string of the molecule is Cc1ccc(S(=O)(=O)CCCC(=O)N=c2sc3ccc(Cl)c(C)c3n2C)cc1. The van der Waals surface area contributed by atoms with Gasteiger partial charge in [-0.25, -0.2) is 8.42 Å². The van der Waals surface area contributed by atoms with Crippen LogP contribution in [0.4, 0.5) is 0 Å². The Hall–Kier alpha value is -1.96. The molecule has 28 heavy (non-hydrogen) atoms. The number of aromatic nitrogens is 1. The summed E-state index contributed by atoms with van der Waals surface area (Å²) in [5, 5.41) is 0.667. The molecule has 0 unspecified atom stereocenters. The Morgan fingerprint density at radius 2 is 1.82 bits per heavy atom. The zero-order valence-corrected chi connectivity index (χ0v) is 18.3. The number of aryl methyl sites for hydroxylation is 3. The summed E-state index contributed by atoms with van der Waals surface area (Å²) in [6, 6.07) is 10.5. The van der Waals surface area contributed by atoms with Crippen molar-refractivity contribution in [3.63, 3.8) is 0 Å². The Balaban J connectivity index is 1.72. The number of rotatable bonds is 5. The van der Waals surface area contributed by atoms with Gasteiger partial charge in [-0.05, 0) is 50.1 Å². The smallest absolute Gasteiger partial charge is 0.248 e. The van der Waals surface area contributed by atoms with Crippen LogP contribution >= 0.6 is 22.9 Å². The third-order valence-electron chi connectivity index (χ3n) is 4.56. The third kappa shape index (κ3) is 4.37. The first-order valence-corrected chi connectivity index (χ1v) is 11.7. The van der Waals surface area contributed by atoms with Gasteiger partial charge in [0.15, 0.2) is 14.6 Å². The molecule has 0 saturated carbocycles. The second-order valence-corrected chi connectivity index (χ2v) is 10.2. The molecule has 1 heterocycles. The Bertz CT molecular complexity index is 1210. The Kier molecular flexibility index (Phi) is 6.07. The molecule has 3 aromatic rings. The molecule has 0 atom stereocenters. The molecule has 5 nitrogen and oxygen atoms in total. The molecule has 0 bridgehead atoms. The van der Waals surface area contributed by atoms with Crippen LogP contribution in [-0.4, -0.2) is 24.6 Å². The highest BCUT2D eigenvalue weighted by molar-refractivity contribution is 7.91. The number of carbonyl (C=O) groups is 1. The number of nitrogens with zero attached hydrogens (tertiary/aromatic N) is 2. The van der Waals surface area contributed by atoms with E-state index in [0.717, 1.165) is 21.3 Å². The summed E-state index contributed by atoms with van der Waals surface area (Å²) in [7, 11) is -1.55. The van der Waals surface area contributed by atoms with Crippen LogP contribution in [0.2, 0.25) is 5.02 Å². The fourth-order valence-corrected chi connectivity index (χ4v) is 5.51. The maximum atomic E-state index is 12.4. The topological polar surface area (TPSA) is 68.5 Å². The first-order valence-electron chi connectivity index (χ1n) is 8.80. The number of halogens is 1. The molecule has 8 heteroatoms. The van der Waals surface area contributed by atoms with E-state index >= 15 is 0 Å². The highest BCUT2D eigenvalue weighted by Crippen LogP contribution is 2.26. The number of benzene rings is 2. The van der Waals surface area contributed by atoms with Gasteiger partial charge in [-0.15, -0.1) is 0 Å². The van der Waals surface area contributed by atoms with Crippen LogP contribution in [0.5, 0.6) is 0 Å². The molecule has 0 aliphatic rings. The third-order valence-corrected chi connectivity index (χ3v) is 7.88. The van der Waals surface area contributed by atoms with E-state index in [4.69, 9.17) is 11.6 Å². The summed E-state index contributed by atoms with van der Waals surface area (Å²) in [6.45, 7) is 3.83. The van der Waals surface area contributed by atoms with Crippen LogP contribution in [0.3, 0.4) is 0 Å². The highest BCUT2D eigenvalue weighted by Gasteiger charge is 2.15. The first-order chi connectivity index (χ1) is 13.2. The monoisotopic (exact) mass is 436 g/mol. The van der Waals surface area contributed by atoms with Crippen molar-refractivity contribution >= 4 is 48.9 Å². The van der Waals surface area contributed by atoms with Crippen molar-refractivity contribution in [3.8, 4) is 0 Å². The average Bonchev–Trinajstić information content (AvgIpc) is 2.95. The van der Waals surface area contributed by atoms with Gasteiger partial charge >= 0.3 is 0 Å². The summed E-state index contributed by atoms with van der Waals surface area (Å²) in [6.07, 6.45) is 0.317. The lowest BCUT2D eigenvalue weighted by molar-refractivity contribution is -0.118. The van der Waals surface area contributed by atoms with E-state index in [1.807, 2.05) is 37.6 Å². The number of thiazole rings is 1. The normalized spacial score (nSPS) is 12.6. The molecule has 0 radical (unpaired) electrons. The van der Waals surface area contributed by atoms with E-state index in [2.05, 4.69) is 4.99 Å². The van der Waals surface area contributed by atoms with Gasteiger partial charge in [0.2, 0.25) is 5.91 Å². The average molecular weight is 437 g/mol. The summed E-state index contributed by atoms with van der Waals surface area (Å²) in [5.74, 6) is -0.407. The molecule has 0 saturated heterocycles. The molecular weight excluding hydrogens is 416 g/mol. The molecule has 0 N–H and O–H groups in total. The second kappa shape index (κ2) is 8.19. The van der Waals surface area contributed by atoms with E-state index in [-0.39, 0.29) is 29.4 Å². The van der Waals surface area contributed by atoms with Crippen LogP contribution in [0.15, 0.2) is 46.3 Å². The fraction of sp³-hybridized carbons (Fsp3) is 0.300. The van der Waals surface area contributed by atoms with Crippen molar-refractivity contribution in [2.45, 2.75) is 31.6 Å². The lowest BCUT2D eigenvalue weighted by atomic mass is 10.2. The van der Waals surface area contributed by atoms with E-state index in [1.54, 1.807) is 24.3 Å². The molecule has 148 valence electrons. The van der Waals surface area contributed by atoms with Crippen LogP contribution in [-0.2, 0) is 21.7 Å². The maximum absolute atomic E-state index is 12.4. The molecule has 0 fully saturated rings. The van der Waals surface area contributed by atoms with Gasteiger partial charge in [-0.2, -0.15) is 4.99 Å². The Morgan fingerprint density at radius 3 is 2.50 bits per heavy atom. The van der Waals surface area contributed by atoms with Crippen molar-refractivity contribution in [2.75, 3.05) is 5.75 Å². The van der Waals surface area contributed by atoms with Gasteiger partial charge in [-0.3, -0.25) is 4.79 Å². The van der Waals surface area contributed by atoms with Gasteiger partial charge in [0, 0.05) is 18.5 Å². The molecule has 1 amide bonds. The Morgan fingerprint density at radius 1 is 1.14 bits per heavy atom.